The number of hydrogen-bond donors (Lipinski definition) is 3. The van der Waals surface area contributed by atoms with Gasteiger partial charge in [-0.1, -0.05) is 12.0 Å². The normalized spacial score (nSPS) is 17.1. The molecule has 0 unspecified atom stereocenters. The third kappa shape index (κ3) is 4.81. The molecule has 24 heavy (non-hydrogen) atoms. The quantitative estimate of drug-likeness (QED) is 0.603. The first-order valence-corrected chi connectivity index (χ1v) is 9.01. The van der Waals surface area contributed by atoms with Crippen LogP contribution in [0.3, 0.4) is 0 Å². The van der Waals surface area contributed by atoms with Crippen LogP contribution < -0.4 is 15.4 Å². The largest absolute Gasteiger partial charge is 0.353 e. The molecule has 1 saturated heterocycles. The van der Waals surface area contributed by atoms with E-state index in [1.165, 1.54) is 24.3 Å². The number of rotatable bonds is 7. The standard InChI is InChI=1S/C16H19N3O4S/c1-2-9-18-24(22,23)14-5-3-4-12(11-14)16(21)17-10-8-13-6-7-15(20)19-13/h1,3-5,11,13,18H,6-10H2,(H,17,21)(H,19,20)/t13-/m0/s1. The fraction of sp³-hybridized carbons (Fsp3) is 0.375. The predicted octanol–water partition coefficient (Wildman–Crippen LogP) is -0.00340. The summed E-state index contributed by atoms with van der Waals surface area (Å²) in [7, 11) is -3.74. The van der Waals surface area contributed by atoms with Crippen molar-refractivity contribution in [3.05, 3.63) is 29.8 Å². The molecule has 1 atom stereocenters. The Hall–Kier alpha value is -2.37. The number of amides is 2. The molecule has 0 bridgehead atoms. The molecule has 1 aromatic rings. The molecule has 0 saturated carbocycles. The summed E-state index contributed by atoms with van der Waals surface area (Å²) in [6.07, 6.45) is 6.96. The molecule has 2 amide bonds. The van der Waals surface area contributed by atoms with E-state index < -0.39 is 10.0 Å². The van der Waals surface area contributed by atoms with Crippen molar-refractivity contribution in [1.82, 2.24) is 15.4 Å². The maximum atomic E-state index is 12.1. The Bertz CT molecular complexity index is 768. The highest BCUT2D eigenvalue weighted by Gasteiger charge is 2.20. The third-order valence-electron chi connectivity index (χ3n) is 3.63. The van der Waals surface area contributed by atoms with E-state index in [1.54, 1.807) is 0 Å². The van der Waals surface area contributed by atoms with Crippen LogP contribution in [0.4, 0.5) is 0 Å². The molecule has 1 aliphatic heterocycles. The lowest BCUT2D eigenvalue weighted by Gasteiger charge is -2.11. The maximum Gasteiger partial charge on any atom is 0.251 e. The van der Waals surface area contributed by atoms with Crippen LogP contribution in [-0.2, 0) is 14.8 Å². The Morgan fingerprint density at radius 3 is 2.88 bits per heavy atom. The summed E-state index contributed by atoms with van der Waals surface area (Å²) >= 11 is 0. The van der Waals surface area contributed by atoms with Crippen molar-refractivity contribution in [2.45, 2.75) is 30.2 Å². The van der Waals surface area contributed by atoms with Gasteiger partial charge in [-0.15, -0.1) is 6.42 Å². The zero-order valence-corrected chi connectivity index (χ0v) is 13.9. The summed E-state index contributed by atoms with van der Waals surface area (Å²) in [5.74, 6) is 1.85. The van der Waals surface area contributed by atoms with Crippen molar-refractivity contribution in [3.8, 4) is 12.3 Å². The first-order chi connectivity index (χ1) is 11.4. The van der Waals surface area contributed by atoms with Crippen LogP contribution in [0.15, 0.2) is 29.2 Å². The molecule has 1 aromatic carbocycles. The Morgan fingerprint density at radius 1 is 1.42 bits per heavy atom. The van der Waals surface area contributed by atoms with Gasteiger partial charge in [0.15, 0.2) is 0 Å². The average Bonchev–Trinajstić information content (AvgIpc) is 2.98. The summed E-state index contributed by atoms with van der Waals surface area (Å²) in [6.45, 7) is 0.280. The van der Waals surface area contributed by atoms with Crippen LogP contribution in [0, 0.1) is 12.3 Å². The molecule has 0 aromatic heterocycles. The first kappa shape index (κ1) is 18.0. The van der Waals surface area contributed by atoms with Gasteiger partial charge in [0.05, 0.1) is 11.4 Å². The van der Waals surface area contributed by atoms with Crippen molar-refractivity contribution in [3.63, 3.8) is 0 Å². The highest BCUT2D eigenvalue weighted by atomic mass is 32.2. The van der Waals surface area contributed by atoms with Crippen LogP contribution in [0.25, 0.3) is 0 Å². The van der Waals surface area contributed by atoms with Crippen molar-refractivity contribution < 1.29 is 18.0 Å². The maximum absolute atomic E-state index is 12.1. The zero-order valence-electron chi connectivity index (χ0n) is 13.0. The molecule has 2 rings (SSSR count). The lowest BCUT2D eigenvalue weighted by atomic mass is 10.1. The van der Waals surface area contributed by atoms with Gasteiger partial charge in [0.2, 0.25) is 15.9 Å². The topological polar surface area (TPSA) is 104 Å². The summed E-state index contributed by atoms with van der Waals surface area (Å²) in [5, 5.41) is 5.55. The van der Waals surface area contributed by atoms with E-state index in [0.717, 1.165) is 6.42 Å². The second-order valence-corrected chi connectivity index (χ2v) is 7.17. The van der Waals surface area contributed by atoms with Gasteiger partial charge in [-0.2, -0.15) is 4.72 Å². The van der Waals surface area contributed by atoms with Crippen molar-refractivity contribution in [1.29, 1.82) is 0 Å². The lowest BCUT2D eigenvalue weighted by Crippen LogP contribution is -2.32. The molecular formula is C16H19N3O4S. The fourth-order valence-corrected chi connectivity index (χ4v) is 3.36. The van der Waals surface area contributed by atoms with Crippen LogP contribution in [-0.4, -0.2) is 39.4 Å². The smallest absolute Gasteiger partial charge is 0.251 e. The van der Waals surface area contributed by atoms with Crippen LogP contribution >= 0.6 is 0 Å². The van der Waals surface area contributed by atoms with Gasteiger partial charge in [-0.05, 0) is 31.0 Å². The predicted molar refractivity (Wildman–Crippen MR) is 88.6 cm³/mol. The van der Waals surface area contributed by atoms with E-state index in [4.69, 9.17) is 6.42 Å². The summed E-state index contributed by atoms with van der Waals surface area (Å²) in [4.78, 5) is 23.2. The summed E-state index contributed by atoms with van der Waals surface area (Å²) < 4.78 is 26.3. The van der Waals surface area contributed by atoms with Gasteiger partial charge in [0.1, 0.15) is 0 Å². The lowest BCUT2D eigenvalue weighted by molar-refractivity contribution is -0.119. The average molecular weight is 349 g/mol. The van der Waals surface area contributed by atoms with Gasteiger partial charge in [0, 0.05) is 24.6 Å². The summed E-state index contributed by atoms with van der Waals surface area (Å²) in [6, 6.07) is 5.80. The van der Waals surface area contributed by atoms with Crippen molar-refractivity contribution >= 4 is 21.8 Å². The van der Waals surface area contributed by atoms with E-state index >= 15 is 0 Å². The molecule has 0 radical (unpaired) electrons. The van der Waals surface area contributed by atoms with Gasteiger partial charge >= 0.3 is 0 Å². The van der Waals surface area contributed by atoms with E-state index in [9.17, 15) is 18.0 Å². The van der Waals surface area contributed by atoms with E-state index in [1.807, 2.05) is 0 Å². The van der Waals surface area contributed by atoms with Crippen molar-refractivity contribution in [2.24, 2.45) is 0 Å². The first-order valence-electron chi connectivity index (χ1n) is 7.53. The number of hydrogen-bond acceptors (Lipinski definition) is 4. The van der Waals surface area contributed by atoms with Crippen LogP contribution in [0.2, 0.25) is 0 Å². The number of terminal acetylenes is 1. The molecule has 1 aliphatic rings. The fourth-order valence-electron chi connectivity index (χ4n) is 2.38. The van der Waals surface area contributed by atoms with E-state index in [0.29, 0.717) is 19.4 Å². The molecule has 0 spiro atoms. The van der Waals surface area contributed by atoms with Gasteiger partial charge < -0.3 is 10.6 Å². The van der Waals surface area contributed by atoms with Gasteiger partial charge in [-0.25, -0.2) is 8.42 Å². The van der Waals surface area contributed by atoms with E-state index in [-0.39, 0.29) is 34.9 Å². The van der Waals surface area contributed by atoms with Crippen LogP contribution in [0.1, 0.15) is 29.6 Å². The molecule has 3 N–H and O–H groups in total. The second kappa shape index (κ2) is 7.95. The Labute approximate surface area is 141 Å². The molecule has 1 heterocycles. The zero-order chi connectivity index (χ0) is 17.6. The highest BCUT2D eigenvalue weighted by molar-refractivity contribution is 7.89. The van der Waals surface area contributed by atoms with Gasteiger partial charge in [-0.3, -0.25) is 9.59 Å². The number of carbonyl (C=O) groups is 2. The SMILES string of the molecule is C#CCNS(=O)(=O)c1cccc(C(=O)NCC[C@@H]2CCC(=O)N2)c1. The Kier molecular flexibility index (Phi) is 5.95. The molecule has 1 fully saturated rings. The Morgan fingerprint density at radius 2 is 2.21 bits per heavy atom. The third-order valence-corrected chi connectivity index (χ3v) is 5.03. The van der Waals surface area contributed by atoms with Gasteiger partial charge in [0.25, 0.3) is 5.91 Å². The minimum Gasteiger partial charge on any atom is -0.353 e. The highest BCUT2D eigenvalue weighted by Crippen LogP contribution is 2.12. The van der Waals surface area contributed by atoms with E-state index in [2.05, 4.69) is 21.3 Å². The second-order valence-electron chi connectivity index (χ2n) is 5.40. The molecule has 7 nitrogen and oxygen atoms in total. The number of benzene rings is 1. The molecule has 0 aliphatic carbocycles. The summed E-state index contributed by atoms with van der Waals surface area (Å²) in [5.41, 5.74) is 0.244. The monoisotopic (exact) mass is 349 g/mol. The molecule has 128 valence electrons. The minimum absolute atomic E-state index is 0.0199. The minimum atomic E-state index is -3.74. The number of sulfonamides is 1. The number of carbonyl (C=O) groups excluding carboxylic acids is 2. The van der Waals surface area contributed by atoms with Crippen LogP contribution in [0.5, 0.6) is 0 Å². The number of nitrogens with one attached hydrogen (secondary N) is 3. The Balaban J connectivity index is 1.94. The van der Waals surface area contributed by atoms with Crippen molar-refractivity contribution in [2.75, 3.05) is 13.1 Å². The molecular weight excluding hydrogens is 330 g/mol. The molecule has 8 heteroatoms.